The van der Waals surface area contributed by atoms with Crippen molar-refractivity contribution in [2.45, 2.75) is 112 Å². The first-order chi connectivity index (χ1) is 20.7. The van der Waals surface area contributed by atoms with E-state index >= 15 is 0 Å². The lowest BCUT2D eigenvalue weighted by molar-refractivity contribution is -0.144. The molecule has 0 saturated carbocycles. The molecule has 12 heteroatoms. The van der Waals surface area contributed by atoms with Gasteiger partial charge in [0.15, 0.2) is 0 Å². The summed E-state index contributed by atoms with van der Waals surface area (Å²) >= 11 is 0. The second kappa shape index (κ2) is 16.6. The van der Waals surface area contributed by atoms with Crippen LogP contribution in [0.2, 0.25) is 0 Å². The third-order valence-electron chi connectivity index (χ3n) is 8.04. The molecule has 0 aliphatic carbocycles. The topological polar surface area (TPSA) is 157 Å². The average molecular weight is 633 g/mol. The summed E-state index contributed by atoms with van der Waals surface area (Å²) in [5, 5.41) is 10.7. The van der Waals surface area contributed by atoms with Crippen LogP contribution in [0.25, 0.3) is 0 Å². The highest BCUT2D eigenvalue weighted by Crippen LogP contribution is 2.30. The molecule has 1 heterocycles. The monoisotopic (exact) mass is 632 g/mol. The van der Waals surface area contributed by atoms with Crippen LogP contribution in [-0.2, 0) is 24.0 Å². The van der Waals surface area contributed by atoms with E-state index in [0.717, 1.165) is 0 Å². The number of amides is 6. The van der Waals surface area contributed by atoms with Gasteiger partial charge in [0.2, 0.25) is 23.5 Å². The lowest BCUT2D eigenvalue weighted by Gasteiger charge is -2.38. The SMILES string of the molecule is C=CCNC(=O)C(=O)C(CCC)NC(=O)[C@@H]1[C@@H](C=C)CCN1C(=O)[C@@H](NC(=O)N[C@H](C(=O)N(C)C(C)C)C(C)(C)C)C(C)(C)C. The summed E-state index contributed by atoms with van der Waals surface area (Å²) in [6.07, 6.45) is 4.25. The maximum absolute atomic E-state index is 14.1. The zero-order valence-corrected chi connectivity index (χ0v) is 28.9. The number of rotatable bonds is 14. The number of hydrogen-bond donors (Lipinski definition) is 4. The van der Waals surface area contributed by atoms with Crippen LogP contribution in [0.5, 0.6) is 0 Å². The van der Waals surface area contributed by atoms with Crippen molar-refractivity contribution >= 4 is 35.4 Å². The molecule has 0 bridgehead atoms. The fourth-order valence-corrected chi connectivity index (χ4v) is 5.10. The number of carbonyl (C=O) groups is 6. The number of urea groups is 1. The lowest BCUT2D eigenvalue weighted by Crippen LogP contribution is -2.63. The Bertz CT molecular complexity index is 1120. The summed E-state index contributed by atoms with van der Waals surface area (Å²) in [4.78, 5) is 82.7. The van der Waals surface area contributed by atoms with E-state index < -0.39 is 70.5 Å². The summed E-state index contributed by atoms with van der Waals surface area (Å²) in [5.41, 5.74) is -1.40. The van der Waals surface area contributed by atoms with Crippen LogP contribution in [0.15, 0.2) is 25.3 Å². The van der Waals surface area contributed by atoms with Crippen molar-refractivity contribution in [1.82, 2.24) is 31.1 Å². The summed E-state index contributed by atoms with van der Waals surface area (Å²) in [7, 11) is 1.67. The number of nitrogens with one attached hydrogen (secondary N) is 4. The van der Waals surface area contributed by atoms with E-state index in [0.29, 0.717) is 12.8 Å². The van der Waals surface area contributed by atoms with E-state index in [1.54, 1.807) is 38.8 Å². The van der Waals surface area contributed by atoms with Crippen LogP contribution >= 0.6 is 0 Å². The number of likely N-dealkylation sites (N-methyl/N-ethyl adjacent to an activating group) is 1. The zero-order valence-electron chi connectivity index (χ0n) is 28.9. The largest absolute Gasteiger partial charge is 0.346 e. The molecule has 1 saturated heterocycles. The van der Waals surface area contributed by atoms with Crippen LogP contribution < -0.4 is 21.3 Å². The molecule has 1 unspecified atom stereocenters. The highest BCUT2D eigenvalue weighted by Gasteiger charge is 2.46. The first-order valence-electron chi connectivity index (χ1n) is 15.7. The molecule has 0 radical (unpaired) electrons. The van der Waals surface area contributed by atoms with Crippen molar-refractivity contribution in [1.29, 1.82) is 0 Å². The van der Waals surface area contributed by atoms with Gasteiger partial charge in [0, 0.05) is 32.1 Å². The quantitative estimate of drug-likeness (QED) is 0.170. The molecule has 1 rings (SSSR count). The predicted molar refractivity (Wildman–Crippen MR) is 175 cm³/mol. The van der Waals surface area contributed by atoms with E-state index in [1.165, 1.54) is 11.0 Å². The van der Waals surface area contributed by atoms with Gasteiger partial charge in [-0.15, -0.1) is 13.2 Å². The third kappa shape index (κ3) is 10.7. The van der Waals surface area contributed by atoms with Gasteiger partial charge in [-0.05, 0) is 37.5 Å². The van der Waals surface area contributed by atoms with Crippen molar-refractivity contribution < 1.29 is 28.8 Å². The van der Waals surface area contributed by atoms with Crippen LogP contribution in [0.3, 0.4) is 0 Å². The van der Waals surface area contributed by atoms with Gasteiger partial charge in [-0.2, -0.15) is 0 Å². The number of ketones is 1. The fraction of sp³-hybridized carbons (Fsp3) is 0.697. The van der Waals surface area contributed by atoms with Crippen molar-refractivity contribution in [3.05, 3.63) is 25.3 Å². The highest BCUT2D eigenvalue weighted by atomic mass is 16.2. The minimum atomic E-state index is -1.08. The van der Waals surface area contributed by atoms with Gasteiger partial charge in [0.1, 0.15) is 18.1 Å². The normalized spacial score (nSPS) is 18.7. The predicted octanol–water partition coefficient (Wildman–Crippen LogP) is 2.54. The smallest absolute Gasteiger partial charge is 0.316 e. The van der Waals surface area contributed by atoms with E-state index in [4.69, 9.17) is 0 Å². The van der Waals surface area contributed by atoms with E-state index in [9.17, 15) is 28.8 Å². The molecule has 0 spiro atoms. The summed E-state index contributed by atoms with van der Waals surface area (Å²) in [6, 6.07) is -4.78. The molecule has 1 aliphatic rings. The lowest BCUT2D eigenvalue weighted by atomic mass is 9.84. The first-order valence-corrected chi connectivity index (χ1v) is 15.7. The molecule has 0 aromatic carbocycles. The molecule has 1 fully saturated rings. The first kappa shape index (κ1) is 39.3. The maximum atomic E-state index is 14.1. The van der Waals surface area contributed by atoms with Gasteiger partial charge in [-0.1, -0.05) is 67.0 Å². The van der Waals surface area contributed by atoms with Crippen molar-refractivity contribution in [3.63, 3.8) is 0 Å². The van der Waals surface area contributed by atoms with Crippen LogP contribution in [0.1, 0.15) is 81.6 Å². The second-order valence-electron chi connectivity index (χ2n) is 14.1. The molecule has 12 nitrogen and oxygen atoms in total. The van der Waals surface area contributed by atoms with E-state index in [2.05, 4.69) is 34.4 Å². The number of Topliss-reactive ketones (excluding diaryl/α,β-unsaturated/α-hetero) is 1. The molecule has 254 valence electrons. The standard InChI is InChI=1S/C33H56N6O6/c1-13-16-22(24(40)28(42)34-18-14-2)35-27(41)23-21(15-3)17-19-39(23)30(44)26(33(9,10)11)37-31(45)36-25(32(6,7)8)29(43)38(12)20(4)5/h14-15,20-23,25-26H,2-3,13,16-19H2,1,4-12H3,(H,34,42)(H,35,41)(H2,36,37,45)/t21-,22?,23-,25+,26+/m0/s1. The average Bonchev–Trinajstić information content (AvgIpc) is 3.38. The van der Waals surface area contributed by atoms with Crippen molar-refractivity contribution in [2.24, 2.45) is 16.7 Å². The molecular weight excluding hydrogens is 576 g/mol. The number of nitrogens with zero attached hydrogens (tertiary/aromatic N) is 2. The number of likely N-dealkylation sites (tertiary alicyclic amines) is 1. The molecule has 45 heavy (non-hydrogen) atoms. The molecule has 1 aliphatic heterocycles. The van der Waals surface area contributed by atoms with Gasteiger partial charge in [0.05, 0.1) is 6.04 Å². The minimum absolute atomic E-state index is 0.0825. The molecule has 5 atom stereocenters. The Morgan fingerprint density at radius 3 is 1.96 bits per heavy atom. The molecule has 0 aromatic rings. The third-order valence-corrected chi connectivity index (χ3v) is 8.04. The second-order valence-corrected chi connectivity index (χ2v) is 14.1. The van der Waals surface area contributed by atoms with Gasteiger partial charge >= 0.3 is 6.03 Å². The van der Waals surface area contributed by atoms with Gasteiger partial charge in [-0.3, -0.25) is 24.0 Å². The van der Waals surface area contributed by atoms with Crippen molar-refractivity contribution in [2.75, 3.05) is 20.1 Å². The van der Waals surface area contributed by atoms with Gasteiger partial charge < -0.3 is 31.1 Å². The number of carbonyl (C=O) groups excluding carboxylic acids is 6. The summed E-state index contributed by atoms with van der Waals surface area (Å²) in [6.45, 7) is 24.2. The van der Waals surface area contributed by atoms with Crippen molar-refractivity contribution in [3.8, 4) is 0 Å². The van der Waals surface area contributed by atoms with Crippen LogP contribution in [-0.4, -0.2) is 95.6 Å². The van der Waals surface area contributed by atoms with Crippen LogP contribution in [0.4, 0.5) is 4.79 Å². The molecule has 0 aromatic heterocycles. The summed E-state index contributed by atoms with van der Waals surface area (Å²) in [5.74, 6) is -3.35. The molecule has 6 amide bonds. The Morgan fingerprint density at radius 1 is 0.933 bits per heavy atom. The Balaban J connectivity index is 3.31. The Morgan fingerprint density at radius 2 is 1.49 bits per heavy atom. The molecular formula is C33H56N6O6. The van der Waals surface area contributed by atoms with Gasteiger partial charge in [0.25, 0.3) is 5.91 Å². The zero-order chi connectivity index (χ0) is 34.9. The van der Waals surface area contributed by atoms with E-state index in [1.807, 2.05) is 41.5 Å². The summed E-state index contributed by atoms with van der Waals surface area (Å²) < 4.78 is 0. The molecule has 4 N–H and O–H groups in total. The van der Waals surface area contributed by atoms with E-state index in [-0.39, 0.29) is 31.5 Å². The highest BCUT2D eigenvalue weighted by molar-refractivity contribution is 6.38. The Kier molecular flexibility index (Phi) is 14.5. The Hall–Kier alpha value is -3.70. The maximum Gasteiger partial charge on any atom is 0.316 e. The fourth-order valence-electron chi connectivity index (χ4n) is 5.10. The van der Waals surface area contributed by atoms with Gasteiger partial charge in [-0.25, -0.2) is 4.79 Å². The Labute approximate surface area is 269 Å². The van der Waals surface area contributed by atoms with Crippen LogP contribution in [0, 0.1) is 16.7 Å². The number of hydrogen-bond acceptors (Lipinski definition) is 6. The minimum Gasteiger partial charge on any atom is -0.346 e.